The summed E-state index contributed by atoms with van der Waals surface area (Å²) in [6, 6.07) is 17.5. The summed E-state index contributed by atoms with van der Waals surface area (Å²) in [7, 11) is 0. The monoisotopic (exact) mass is 334 g/mol. The van der Waals surface area contributed by atoms with Gasteiger partial charge in [-0.25, -0.2) is 4.68 Å². The molecular weight excluding hydrogens is 320 g/mol. The largest absolute Gasteiger partial charge is 0.487 e. The number of benzene rings is 2. The minimum atomic E-state index is -0.480. The Kier molecular flexibility index (Phi) is 4.44. The molecular formula is C18H14N4O3. The number of ether oxygens (including phenoxy) is 1. The average Bonchev–Trinajstić information content (AvgIpc) is 2.96. The molecule has 0 aliphatic carbocycles. The van der Waals surface area contributed by atoms with Gasteiger partial charge in [0.15, 0.2) is 0 Å². The van der Waals surface area contributed by atoms with Gasteiger partial charge >= 0.3 is 0 Å². The molecule has 0 bridgehead atoms. The first-order chi connectivity index (χ1) is 12.1. The number of nitro benzene ring substituents is 1. The van der Waals surface area contributed by atoms with E-state index in [0.717, 1.165) is 5.69 Å². The topological polar surface area (TPSA) is 94.0 Å². The van der Waals surface area contributed by atoms with Crippen molar-refractivity contribution >= 4 is 5.69 Å². The zero-order chi connectivity index (χ0) is 17.8. The number of aromatic nitrogens is 2. The van der Waals surface area contributed by atoms with Crippen LogP contribution in [0.1, 0.15) is 17.0 Å². The summed E-state index contributed by atoms with van der Waals surface area (Å²) in [5, 5.41) is 24.7. The maximum absolute atomic E-state index is 10.9. The summed E-state index contributed by atoms with van der Waals surface area (Å²) in [5.74, 6) is 0.358. The highest BCUT2D eigenvalue weighted by Crippen LogP contribution is 2.23. The fourth-order valence-corrected chi connectivity index (χ4v) is 2.48. The van der Waals surface area contributed by atoms with Crippen LogP contribution >= 0.6 is 0 Å². The lowest BCUT2D eigenvalue weighted by molar-refractivity contribution is -0.384. The lowest BCUT2D eigenvalue weighted by atomic mass is 10.2. The highest BCUT2D eigenvalue weighted by atomic mass is 16.6. The zero-order valence-electron chi connectivity index (χ0n) is 13.4. The van der Waals surface area contributed by atoms with E-state index in [0.29, 0.717) is 22.7 Å². The van der Waals surface area contributed by atoms with Crippen LogP contribution in [0.15, 0.2) is 54.6 Å². The molecule has 0 amide bonds. The van der Waals surface area contributed by atoms with E-state index in [2.05, 4.69) is 11.2 Å². The number of nitriles is 1. The molecule has 0 N–H and O–H groups in total. The highest BCUT2D eigenvalue weighted by Gasteiger charge is 2.17. The standard InChI is InChI=1S/C18H14N4O3/c1-13-17(11-19)18(21(20-13)14-6-3-2-4-7-14)12-25-16-9-5-8-15(10-16)22(23)24/h2-10H,12H2,1H3. The van der Waals surface area contributed by atoms with Gasteiger partial charge in [-0.3, -0.25) is 10.1 Å². The predicted octanol–water partition coefficient (Wildman–Crippen LogP) is 3.54. The fraction of sp³-hybridized carbons (Fsp3) is 0.111. The van der Waals surface area contributed by atoms with Crippen molar-refractivity contribution in [1.82, 2.24) is 9.78 Å². The van der Waals surface area contributed by atoms with E-state index in [1.807, 2.05) is 30.3 Å². The summed E-state index contributed by atoms with van der Waals surface area (Å²) in [5.41, 5.74) is 2.39. The van der Waals surface area contributed by atoms with Crippen LogP contribution in [0.3, 0.4) is 0 Å². The number of aryl methyl sites for hydroxylation is 1. The van der Waals surface area contributed by atoms with Crippen molar-refractivity contribution in [3.05, 3.63) is 81.7 Å². The van der Waals surface area contributed by atoms with Crippen LogP contribution in [0, 0.1) is 28.4 Å². The SMILES string of the molecule is Cc1nn(-c2ccccc2)c(COc2cccc([N+](=O)[O-])c2)c1C#N. The van der Waals surface area contributed by atoms with E-state index < -0.39 is 4.92 Å². The third kappa shape index (κ3) is 3.33. The molecule has 1 heterocycles. The molecule has 0 saturated carbocycles. The third-order valence-electron chi connectivity index (χ3n) is 3.67. The first-order valence-corrected chi connectivity index (χ1v) is 7.51. The Morgan fingerprint density at radius 1 is 1.24 bits per heavy atom. The van der Waals surface area contributed by atoms with Crippen molar-refractivity contribution in [2.45, 2.75) is 13.5 Å². The summed E-state index contributed by atoms with van der Waals surface area (Å²) < 4.78 is 7.34. The average molecular weight is 334 g/mol. The molecule has 1 aromatic heterocycles. The molecule has 7 heteroatoms. The Labute approximate surface area is 143 Å². The molecule has 3 rings (SSSR count). The Balaban J connectivity index is 1.93. The van der Waals surface area contributed by atoms with Gasteiger partial charge in [0.2, 0.25) is 0 Å². The van der Waals surface area contributed by atoms with Crippen molar-refractivity contribution < 1.29 is 9.66 Å². The van der Waals surface area contributed by atoms with Crippen molar-refractivity contribution in [1.29, 1.82) is 5.26 Å². The van der Waals surface area contributed by atoms with Crippen molar-refractivity contribution in [2.75, 3.05) is 0 Å². The Morgan fingerprint density at radius 3 is 2.68 bits per heavy atom. The minimum absolute atomic E-state index is 0.0502. The predicted molar refractivity (Wildman–Crippen MR) is 90.4 cm³/mol. The van der Waals surface area contributed by atoms with Gasteiger partial charge in [-0.05, 0) is 25.1 Å². The summed E-state index contributed by atoms with van der Waals surface area (Å²) in [6.07, 6.45) is 0. The van der Waals surface area contributed by atoms with Crippen LogP contribution in [-0.4, -0.2) is 14.7 Å². The molecule has 0 fully saturated rings. The maximum Gasteiger partial charge on any atom is 0.273 e. The van der Waals surface area contributed by atoms with Crippen LogP contribution in [0.4, 0.5) is 5.69 Å². The van der Waals surface area contributed by atoms with E-state index in [9.17, 15) is 15.4 Å². The molecule has 0 spiro atoms. The quantitative estimate of drug-likeness (QED) is 0.525. The molecule has 0 aliphatic heterocycles. The van der Waals surface area contributed by atoms with Gasteiger partial charge in [0.05, 0.1) is 28.1 Å². The van der Waals surface area contributed by atoms with Crippen LogP contribution in [0.25, 0.3) is 5.69 Å². The summed E-state index contributed by atoms with van der Waals surface area (Å²) in [4.78, 5) is 10.4. The second kappa shape index (κ2) is 6.84. The number of para-hydroxylation sites is 1. The van der Waals surface area contributed by atoms with Crippen LogP contribution < -0.4 is 4.74 Å². The van der Waals surface area contributed by atoms with Gasteiger partial charge in [-0.2, -0.15) is 10.4 Å². The number of hydrogen-bond acceptors (Lipinski definition) is 5. The van der Waals surface area contributed by atoms with Gasteiger partial charge < -0.3 is 4.74 Å². The Morgan fingerprint density at radius 2 is 2.00 bits per heavy atom. The Bertz CT molecular complexity index is 958. The lowest BCUT2D eigenvalue weighted by Crippen LogP contribution is -2.07. The van der Waals surface area contributed by atoms with Gasteiger partial charge in [-0.15, -0.1) is 0 Å². The van der Waals surface area contributed by atoms with Gasteiger partial charge in [0.1, 0.15) is 24.0 Å². The number of rotatable bonds is 5. The number of hydrogen-bond donors (Lipinski definition) is 0. The first kappa shape index (κ1) is 16.2. The molecule has 25 heavy (non-hydrogen) atoms. The maximum atomic E-state index is 10.9. The Hall–Kier alpha value is -3.66. The van der Waals surface area contributed by atoms with E-state index in [1.54, 1.807) is 23.7 Å². The lowest BCUT2D eigenvalue weighted by Gasteiger charge is -2.09. The zero-order valence-corrected chi connectivity index (χ0v) is 13.4. The van der Waals surface area contributed by atoms with Crippen molar-refractivity contribution in [3.63, 3.8) is 0 Å². The van der Waals surface area contributed by atoms with E-state index in [1.165, 1.54) is 12.1 Å². The third-order valence-corrected chi connectivity index (χ3v) is 3.67. The smallest absolute Gasteiger partial charge is 0.273 e. The molecule has 3 aromatic rings. The van der Waals surface area contributed by atoms with Crippen molar-refractivity contribution in [2.24, 2.45) is 0 Å². The molecule has 0 atom stereocenters. The molecule has 7 nitrogen and oxygen atoms in total. The second-order valence-electron chi connectivity index (χ2n) is 5.31. The van der Waals surface area contributed by atoms with Crippen LogP contribution in [0.5, 0.6) is 5.75 Å². The first-order valence-electron chi connectivity index (χ1n) is 7.51. The highest BCUT2D eigenvalue weighted by molar-refractivity contribution is 5.44. The summed E-state index contributed by atoms with van der Waals surface area (Å²) in [6.45, 7) is 1.83. The number of nitro groups is 1. The molecule has 0 saturated heterocycles. The van der Waals surface area contributed by atoms with E-state index >= 15 is 0 Å². The summed E-state index contributed by atoms with van der Waals surface area (Å²) >= 11 is 0. The van der Waals surface area contributed by atoms with Gasteiger partial charge in [0, 0.05) is 6.07 Å². The number of non-ortho nitro benzene ring substituents is 1. The molecule has 0 unspecified atom stereocenters. The second-order valence-corrected chi connectivity index (χ2v) is 5.31. The molecule has 2 aromatic carbocycles. The van der Waals surface area contributed by atoms with Gasteiger partial charge in [-0.1, -0.05) is 24.3 Å². The minimum Gasteiger partial charge on any atom is -0.487 e. The number of nitrogens with zero attached hydrogens (tertiary/aromatic N) is 4. The normalized spacial score (nSPS) is 10.2. The van der Waals surface area contributed by atoms with Crippen molar-refractivity contribution in [3.8, 4) is 17.5 Å². The molecule has 124 valence electrons. The van der Waals surface area contributed by atoms with E-state index in [4.69, 9.17) is 4.74 Å². The van der Waals surface area contributed by atoms with Gasteiger partial charge in [0.25, 0.3) is 5.69 Å². The molecule has 0 radical (unpaired) electrons. The molecule has 0 aliphatic rings. The van der Waals surface area contributed by atoms with Crippen LogP contribution in [-0.2, 0) is 6.61 Å². The van der Waals surface area contributed by atoms with E-state index in [-0.39, 0.29) is 12.3 Å². The van der Waals surface area contributed by atoms with Crippen LogP contribution in [0.2, 0.25) is 0 Å². The fourth-order valence-electron chi connectivity index (χ4n) is 2.48.